The normalized spacial score (nSPS) is 11.3. The zero-order chi connectivity index (χ0) is 14.4. The summed E-state index contributed by atoms with van der Waals surface area (Å²) < 4.78 is 5.32. The molecule has 0 bridgehead atoms. The van der Waals surface area contributed by atoms with Crippen LogP contribution in [0.5, 0.6) is 5.75 Å². The number of ether oxygens (including phenoxy) is 1. The fourth-order valence-corrected chi connectivity index (χ4v) is 2.71. The van der Waals surface area contributed by atoms with Crippen LogP contribution in [0.3, 0.4) is 0 Å². The van der Waals surface area contributed by atoms with Crippen molar-refractivity contribution in [3.8, 4) is 5.75 Å². The van der Waals surface area contributed by atoms with Crippen molar-refractivity contribution in [1.29, 1.82) is 0 Å². The molecule has 0 aliphatic heterocycles. The van der Waals surface area contributed by atoms with E-state index in [9.17, 15) is 0 Å². The summed E-state index contributed by atoms with van der Waals surface area (Å²) in [5.41, 5.74) is 7.39. The van der Waals surface area contributed by atoms with Gasteiger partial charge in [0.1, 0.15) is 5.75 Å². The van der Waals surface area contributed by atoms with E-state index in [1.807, 2.05) is 48.5 Å². The standard InChI is InChI=1S/C15H16N2O2S/c1-19-13-4-2-3-5-14(13)20-10-11-6-8-12(9-7-11)15(16)17-18/h2-9,18H,10H2,1H3,(H2,16,17). The number of hydrogen-bond donors (Lipinski definition) is 2. The van der Waals surface area contributed by atoms with Crippen LogP contribution in [0.25, 0.3) is 0 Å². The number of rotatable bonds is 5. The van der Waals surface area contributed by atoms with E-state index in [-0.39, 0.29) is 5.84 Å². The van der Waals surface area contributed by atoms with Gasteiger partial charge in [0.05, 0.1) is 7.11 Å². The third kappa shape index (κ3) is 3.45. The zero-order valence-corrected chi connectivity index (χ0v) is 11.9. The average molecular weight is 288 g/mol. The van der Waals surface area contributed by atoms with Crippen molar-refractivity contribution in [1.82, 2.24) is 0 Å². The number of nitrogens with two attached hydrogens (primary N) is 1. The predicted molar refractivity (Wildman–Crippen MR) is 81.5 cm³/mol. The molecule has 5 heteroatoms. The van der Waals surface area contributed by atoms with Gasteiger partial charge in [0.15, 0.2) is 5.84 Å². The van der Waals surface area contributed by atoms with Gasteiger partial charge in [-0.05, 0) is 17.7 Å². The minimum Gasteiger partial charge on any atom is -0.496 e. The fraction of sp³-hybridized carbons (Fsp3) is 0.133. The van der Waals surface area contributed by atoms with Crippen molar-refractivity contribution in [3.05, 3.63) is 59.7 Å². The van der Waals surface area contributed by atoms with Crippen molar-refractivity contribution < 1.29 is 9.94 Å². The van der Waals surface area contributed by atoms with Crippen molar-refractivity contribution in [3.63, 3.8) is 0 Å². The van der Waals surface area contributed by atoms with E-state index in [2.05, 4.69) is 5.16 Å². The van der Waals surface area contributed by atoms with Gasteiger partial charge >= 0.3 is 0 Å². The summed E-state index contributed by atoms with van der Waals surface area (Å²) in [7, 11) is 1.67. The lowest BCUT2D eigenvalue weighted by Gasteiger charge is -2.08. The van der Waals surface area contributed by atoms with E-state index in [1.54, 1.807) is 18.9 Å². The lowest BCUT2D eigenvalue weighted by Crippen LogP contribution is -2.12. The largest absolute Gasteiger partial charge is 0.496 e. The van der Waals surface area contributed by atoms with Gasteiger partial charge in [-0.1, -0.05) is 41.6 Å². The SMILES string of the molecule is COc1ccccc1SCc1ccc(/C(N)=N/O)cc1. The summed E-state index contributed by atoms with van der Waals surface area (Å²) in [6, 6.07) is 15.5. The summed E-state index contributed by atoms with van der Waals surface area (Å²) >= 11 is 1.71. The first-order valence-corrected chi connectivity index (χ1v) is 7.06. The summed E-state index contributed by atoms with van der Waals surface area (Å²) in [6.07, 6.45) is 0. The number of amidine groups is 1. The Morgan fingerprint density at radius 3 is 2.55 bits per heavy atom. The van der Waals surface area contributed by atoms with E-state index >= 15 is 0 Å². The molecule has 0 aliphatic rings. The maximum atomic E-state index is 8.61. The number of thioether (sulfide) groups is 1. The number of oxime groups is 1. The van der Waals surface area contributed by atoms with Gasteiger partial charge < -0.3 is 15.7 Å². The highest BCUT2D eigenvalue weighted by molar-refractivity contribution is 7.98. The minimum absolute atomic E-state index is 0.119. The van der Waals surface area contributed by atoms with Crippen LogP contribution in [0.2, 0.25) is 0 Å². The molecule has 2 rings (SSSR count). The van der Waals surface area contributed by atoms with Crippen LogP contribution in [0.4, 0.5) is 0 Å². The third-order valence-electron chi connectivity index (χ3n) is 2.82. The van der Waals surface area contributed by atoms with Crippen LogP contribution in [-0.2, 0) is 5.75 Å². The first-order valence-electron chi connectivity index (χ1n) is 6.07. The second-order valence-corrected chi connectivity index (χ2v) is 5.14. The number of benzene rings is 2. The van der Waals surface area contributed by atoms with Gasteiger partial charge in [-0.15, -0.1) is 11.8 Å². The Hall–Kier alpha value is -2.14. The highest BCUT2D eigenvalue weighted by Gasteiger charge is 2.04. The smallest absolute Gasteiger partial charge is 0.170 e. The average Bonchev–Trinajstić information content (AvgIpc) is 2.53. The van der Waals surface area contributed by atoms with Crippen molar-refractivity contribution in [2.75, 3.05) is 7.11 Å². The molecule has 104 valence electrons. The molecule has 0 amide bonds. The highest BCUT2D eigenvalue weighted by atomic mass is 32.2. The first-order chi connectivity index (χ1) is 9.74. The number of para-hydroxylation sites is 1. The molecule has 0 aromatic heterocycles. The molecule has 0 atom stereocenters. The molecule has 0 heterocycles. The molecular weight excluding hydrogens is 272 g/mol. The highest BCUT2D eigenvalue weighted by Crippen LogP contribution is 2.31. The van der Waals surface area contributed by atoms with Crippen LogP contribution >= 0.6 is 11.8 Å². The van der Waals surface area contributed by atoms with Gasteiger partial charge in [0.25, 0.3) is 0 Å². The third-order valence-corrected chi connectivity index (χ3v) is 3.95. The minimum atomic E-state index is 0.119. The van der Waals surface area contributed by atoms with Gasteiger partial charge in [0, 0.05) is 16.2 Å². The van der Waals surface area contributed by atoms with Crippen molar-refractivity contribution >= 4 is 17.6 Å². The Balaban J connectivity index is 2.04. The Bertz CT molecular complexity index is 597. The molecule has 3 N–H and O–H groups in total. The summed E-state index contributed by atoms with van der Waals surface area (Å²) in [5.74, 6) is 1.83. The molecule has 2 aromatic carbocycles. The van der Waals surface area contributed by atoms with Crippen LogP contribution in [0, 0.1) is 0 Å². The molecule has 0 saturated heterocycles. The molecule has 0 spiro atoms. The predicted octanol–water partition coefficient (Wildman–Crippen LogP) is 3.08. The maximum absolute atomic E-state index is 8.61. The zero-order valence-electron chi connectivity index (χ0n) is 11.1. The van der Waals surface area contributed by atoms with Gasteiger partial charge in [-0.3, -0.25) is 0 Å². The Kier molecular flexibility index (Phi) is 4.90. The van der Waals surface area contributed by atoms with E-state index in [0.29, 0.717) is 5.56 Å². The van der Waals surface area contributed by atoms with E-state index < -0.39 is 0 Å². The molecule has 0 unspecified atom stereocenters. The molecule has 0 fully saturated rings. The molecule has 20 heavy (non-hydrogen) atoms. The van der Waals surface area contributed by atoms with Crippen molar-refractivity contribution in [2.24, 2.45) is 10.9 Å². The van der Waals surface area contributed by atoms with E-state index in [4.69, 9.17) is 15.7 Å². The molecular formula is C15H16N2O2S. The summed E-state index contributed by atoms with van der Waals surface area (Å²) in [4.78, 5) is 1.11. The van der Waals surface area contributed by atoms with Crippen LogP contribution < -0.4 is 10.5 Å². The van der Waals surface area contributed by atoms with Crippen LogP contribution in [-0.4, -0.2) is 18.2 Å². The number of hydrogen-bond acceptors (Lipinski definition) is 4. The van der Waals surface area contributed by atoms with E-state index in [1.165, 1.54) is 0 Å². The molecule has 0 aliphatic carbocycles. The monoisotopic (exact) mass is 288 g/mol. The van der Waals surface area contributed by atoms with Crippen LogP contribution in [0.1, 0.15) is 11.1 Å². The lowest BCUT2D eigenvalue weighted by molar-refractivity contribution is 0.318. The van der Waals surface area contributed by atoms with Crippen LogP contribution in [0.15, 0.2) is 58.6 Å². The Morgan fingerprint density at radius 1 is 1.20 bits per heavy atom. The molecule has 0 saturated carbocycles. The Labute approximate surface area is 122 Å². The topological polar surface area (TPSA) is 67.8 Å². The second-order valence-electron chi connectivity index (χ2n) is 4.12. The summed E-state index contributed by atoms with van der Waals surface area (Å²) in [6.45, 7) is 0. The second kappa shape index (κ2) is 6.86. The lowest BCUT2D eigenvalue weighted by atomic mass is 10.1. The Morgan fingerprint density at radius 2 is 1.90 bits per heavy atom. The fourth-order valence-electron chi connectivity index (χ4n) is 1.73. The quantitative estimate of drug-likeness (QED) is 0.292. The summed E-state index contributed by atoms with van der Waals surface area (Å²) in [5, 5.41) is 11.6. The van der Waals surface area contributed by atoms with E-state index in [0.717, 1.165) is 22.0 Å². The molecule has 2 aromatic rings. The van der Waals surface area contributed by atoms with Gasteiger partial charge in [-0.25, -0.2) is 0 Å². The van der Waals surface area contributed by atoms with Crippen molar-refractivity contribution in [2.45, 2.75) is 10.6 Å². The number of nitrogens with zero attached hydrogens (tertiary/aromatic N) is 1. The molecule has 4 nitrogen and oxygen atoms in total. The van der Waals surface area contributed by atoms with Gasteiger partial charge in [0.2, 0.25) is 0 Å². The van der Waals surface area contributed by atoms with Gasteiger partial charge in [-0.2, -0.15) is 0 Å². The first kappa shape index (κ1) is 14.3. The number of methoxy groups -OCH3 is 1. The molecule has 0 radical (unpaired) electrons. The maximum Gasteiger partial charge on any atom is 0.170 e.